The van der Waals surface area contributed by atoms with Crippen molar-refractivity contribution >= 4 is 50.6 Å². The number of primary sulfonamides is 1. The first-order chi connectivity index (χ1) is 13.2. The summed E-state index contributed by atoms with van der Waals surface area (Å²) in [4.78, 5) is 20.0. The van der Waals surface area contributed by atoms with E-state index in [-0.39, 0.29) is 25.8 Å². The Morgan fingerprint density at radius 3 is 2.75 bits per heavy atom. The molecule has 3 aromatic rings. The first-order valence-corrected chi connectivity index (χ1v) is 10.7. The number of hydrogen-bond acceptors (Lipinski definition) is 8. The largest absolute Gasteiger partial charge is 0.477 e. The zero-order chi connectivity index (χ0) is 20.1. The quantitative estimate of drug-likeness (QED) is 0.447. The van der Waals surface area contributed by atoms with E-state index in [1.165, 1.54) is 18.2 Å². The summed E-state index contributed by atoms with van der Waals surface area (Å²) in [6, 6.07) is 4.01. The number of H-pyrrole nitrogens is 1. The number of anilines is 2. The highest BCUT2D eigenvalue weighted by Crippen LogP contribution is 2.44. The second-order valence-corrected chi connectivity index (χ2v) is 9.38. The fraction of sp³-hybridized carbons (Fsp3) is 0.200. The highest BCUT2D eigenvalue weighted by molar-refractivity contribution is 7.91. The molecule has 1 fully saturated rings. The van der Waals surface area contributed by atoms with Gasteiger partial charge >= 0.3 is 5.97 Å². The number of aromatic nitrogens is 4. The van der Waals surface area contributed by atoms with Gasteiger partial charge in [0.2, 0.25) is 10.0 Å². The Kier molecular flexibility index (Phi) is 4.57. The predicted octanol–water partition coefficient (Wildman–Crippen LogP) is 3.29. The molecule has 0 amide bonds. The minimum atomic E-state index is -3.88. The highest BCUT2D eigenvalue weighted by atomic mass is 35.5. The normalized spacial score (nSPS) is 14.2. The van der Waals surface area contributed by atoms with E-state index < -0.39 is 16.0 Å². The van der Waals surface area contributed by atoms with Crippen molar-refractivity contribution in [1.82, 2.24) is 20.2 Å². The van der Waals surface area contributed by atoms with Gasteiger partial charge in [-0.05, 0) is 25.0 Å². The van der Waals surface area contributed by atoms with E-state index in [9.17, 15) is 18.3 Å². The third-order valence-electron chi connectivity index (χ3n) is 3.99. The first kappa shape index (κ1) is 18.8. The topological polar surface area (TPSA) is 164 Å². The molecular formula is C15H19ClN6O4S2. The van der Waals surface area contributed by atoms with Crippen LogP contribution in [0.25, 0.3) is 10.7 Å². The SMILES string of the molecule is NS(=O)(=O)c1ccc(-c2nc(Nc3n[nH]c(C4CC4)c3Cl)cc(C(=O)O)n2)s1.[HH].[HH].[HH]. The fourth-order valence-corrected chi connectivity index (χ4v) is 4.46. The number of thiophene rings is 1. The third-order valence-corrected chi connectivity index (χ3v) is 6.89. The molecule has 1 aliphatic rings. The van der Waals surface area contributed by atoms with Crippen LogP contribution in [0.2, 0.25) is 5.02 Å². The van der Waals surface area contributed by atoms with Crippen LogP contribution < -0.4 is 10.5 Å². The number of carboxylic acids is 1. The van der Waals surface area contributed by atoms with E-state index in [0.717, 1.165) is 29.9 Å². The van der Waals surface area contributed by atoms with Crippen LogP contribution >= 0.6 is 22.9 Å². The average molecular weight is 447 g/mol. The second-order valence-electron chi connectivity index (χ2n) is 6.13. The first-order valence-electron chi connectivity index (χ1n) is 7.98. The molecule has 3 heterocycles. The molecule has 0 aliphatic heterocycles. The summed E-state index contributed by atoms with van der Waals surface area (Å²) >= 11 is 7.17. The van der Waals surface area contributed by atoms with E-state index >= 15 is 0 Å². The number of aromatic amines is 1. The Labute approximate surface area is 172 Å². The molecule has 0 radical (unpaired) electrons. The zero-order valence-corrected chi connectivity index (χ0v) is 16.4. The van der Waals surface area contributed by atoms with Crippen molar-refractivity contribution in [2.45, 2.75) is 23.0 Å². The number of nitrogens with zero attached hydrogens (tertiary/aromatic N) is 3. The molecule has 152 valence electrons. The molecule has 28 heavy (non-hydrogen) atoms. The van der Waals surface area contributed by atoms with Crippen LogP contribution in [0.3, 0.4) is 0 Å². The molecule has 0 spiro atoms. The molecule has 0 atom stereocenters. The van der Waals surface area contributed by atoms with Crippen molar-refractivity contribution in [3.8, 4) is 10.7 Å². The summed E-state index contributed by atoms with van der Waals surface area (Å²) in [5.74, 6) is -0.392. The Morgan fingerprint density at radius 2 is 2.14 bits per heavy atom. The molecule has 0 saturated heterocycles. The second kappa shape index (κ2) is 6.81. The van der Waals surface area contributed by atoms with Gasteiger partial charge in [0.05, 0.1) is 10.6 Å². The molecule has 1 saturated carbocycles. The van der Waals surface area contributed by atoms with Crippen LogP contribution in [-0.2, 0) is 10.0 Å². The van der Waals surface area contributed by atoms with Crippen molar-refractivity contribution in [2.75, 3.05) is 5.32 Å². The number of aromatic carboxylic acids is 1. The number of nitrogens with two attached hydrogens (primary N) is 1. The van der Waals surface area contributed by atoms with Gasteiger partial charge in [0, 0.05) is 16.3 Å². The van der Waals surface area contributed by atoms with Gasteiger partial charge < -0.3 is 10.4 Å². The van der Waals surface area contributed by atoms with Crippen molar-refractivity contribution in [2.24, 2.45) is 5.14 Å². The Hall–Kier alpha value is -2.54. The number of carboxylic acid groups (broad SMARTS) is 1. The number of rotatable bonds is 6. The molecule has 0 bridgehead atoms. The molecule has 0 aromatic carbocycles. The van der Waals surface area contributed by atoms with Crippen LogP contribution in [0.1, 0.15) is 39.2 Å². The van der Waals surface area contributed by atoms with Gasteiger partial charge in [-0.25, -0.2) is 28.3 Å². The van der Waals surface area contributed by atoms with Crippen molar-refractivity contribution in [3.63, 3.8) is 0 Å². The lowest BCUT2D eigenvalue weighted by atomic mass is 10.3. The summed E-state index contributed by atoms with van der Waals surface area (Å²) < 4.78 is 22.9. The summed E-state index contributed by atoms with van der Waals surface area (Å²) in [7, 11) is -3.88. The Morgan fingerprint density at radius 1 is 1.39 bits per heavy atom. The highest BCUT2D eigenvalue weighted by Gasteiger charge is 2.29. The molecule has 1 aliphatic carbocycles. The van der Waals surface area contributed by atoms with Crippen LogP contribution in [0.5, 0.6) is 0 Å². The summed E-state index contributed by atoms with van der Waals surface area (Å²) in [6.45, 7) is 0. The van der Waals surface area contributed by atoms with Gasteiger partial charge in [-0.2, -0.15) is 5.10 Å². The lowest BCUT2D eigenvalue weighted by Gasteiger charge is -2.06. The lowest BCUT2D eigenvalue weighted by Crippen LogP contribution is -2.09. The number of hydrogen-bond donors (Lipinski definition) is 4. The third kappa shape index (κ3) is 3.71. The molecule has 5 N–H and O–H groups in total. The average Bonchev–Trinajstić information content (AvgIpc) is 3.21. The molecular weight excluding hydrogens is 428 g/mol. The van der Waals surface area contributed by atoms with E-state index in [4.69, 9.17) is 16.7 Å². The summed E-state index contributed by atoms with van der Waals surface area (Å²) in [5, 5.41) is 24.8. The minimum Gasteiger partial charge on any atom is -0.477 e. The number of carbonyl (C=O) groups is 1. The molecule has 13 heteroatoms. The maximum absolute atomic E-state index is 11.5. The van der Waals surface area contributed by atoms with E-state index in [1.807, 2.05) is 0 Å². The standard InChI is InChI=1S/C15H13ClN6O4S2.3H2/c16-11-12(6-1-2-6)21-22-14(11)20-9-5-7(15(23)24)18-13(19-9)8-3-4-10(27-8)28(17,25)26;;;/h3-6H,1-2H2,(H,23,24)(H2,17,25,26)(H2,18,19,20,21,22);3*1H. The van der Waals surface area contributed by atoms with Crippen LogP contribution in [-0.4, -0.2) is 39.7 Å². The molecule has 4 rings (SSSR count). The number of nitrogens with one attached hydrogen (secondary N) is 2. The van der Waals surface area contributed by atoms with Gasteiger partial charge in [0.25, 0.3) is 0 Å². The van der Waals surface area contributed by atoms with E-state index in [2.05, 4.69) is 25.5 Å². The Balaban J connectivity index is 0.00000160. The monoisotopic (exact) mass is 446 g/mol. The maximum atomic E-state index is 11.5. The van der Waals surface area contributed by atoms with E-state index in [1.54, 1.807) is 0 Å². The number of halogens is 1. The minimum absolute atomic E-state index is 0. The maximum Gasteiger partial charge on any atom is 0.354 e. The van der Waals surface area contributed by atoms with Crippen molar-refractivity contribution in [3.05, 3.63) is 34.6 Å². The van der Waals surface area contributed by atoms with Crippen LogP contribution in [0, 0.1) is 0 Å². The summed E-state index contributed by atoms with van der Waals surface area (Å²) in [5.41, 5.74) is 0.556. The Bertz CT molecular complexity index is 1200. The van der Waals surface area contributed by atoms with E-state index in [0.29, 0.717) is 21.6 Å². The van der Waals surface area contributed by atoms with Gasteiger partial charge in [-0.1, -0.05) is 11.6 Å². The van der Waals surface area contributed by atoms with Gasteiger partial charge in [0.15, 0.2) is 17.3 Å². The fourth-order valence-electron chi connectivity index (χ4n) is 2.51. The van der Waals surface area contributed by atoms with Crippen molar-refractivity contribution in [1.29, 1.82) is 0 Å². The van der Waals surface area contributed by atoms with Crippen LogP contribution in [0.15, 0.2) is 22.4 Å². The lowest BCUT2D eigenvalue weighted by molar-refractivity contribution is 0.0690. The molecule has 3 aromatic heterocycles. The van der Waals surface area contributed by atoms with Gasteiger partial charge in [-0.3, -0.25) is 5.10 Å². The zero-order valence-electron chi connectivity index (χ0n) is 14.0. The molecule has 0 unspecified atom stereocenters. The smallest absolute Gasteiger partial charge is 0.354 e. The van der Waals surface area contributed by atoms with Gasteiger partial charge in [0.1, 0.15) is 15.0 Å². The molecule has 10 nitrogen and oxygen atoms in total. The van der Waals surface area contributed by atoms with Crippen molar-refractivity contribution < 1.29 is 22.6 Å². The summed E-state index contributed by atoms with van der Waals surface area (Å²) in [6.07, 6.45) is 2.07. The number of sulfonamides is 1. The predicted molar refractivity (Wildman–Crippen MR) is 109 cm³/mol. The van der Waals surface area contributed by atoms with Gasteiger partial charge in [-0.15, -0.1) is 11.3 Å². The van der Waals surface area contributed by atoms with Crippen LogP contribution in [0.4, 0.5) is 11.6 Å².